The molecule has 16 heavy (non-hydrogen) atoms. The highest BCUT2D eigenvalue weighted by atomic mass is 79.9. The lowest BCUT2D eigenvalue weighted by atomic mass is 9.91. The van der Waals surface area contributed by atoms with E-state index >= 15 is 0 Å². The number of rotatable bonds is 3. The Kier molecular flexibility index (Phi) is 3.55. The molecule has 88 valence electrons. The molecule has 1 aromatic carbocycles. The zero-order valence-electron chi connectivity index (χ0n) is 9.85. The van der Waals surface area contributed by atoms with Crippen LogP contribution in [-0.4, -0.2) is 19.2 Å². The molecule has 1 unspecified atom stereocenters. The van der Waals surface area contributed by atoms with Crippen LogP contribution in [0.15, 0.2) is 22.7 Å². The molecule has 0 radical (unpaired) electrons. The lowest BCUT2D eigenvalue weighted by molar-refractivity contribution is 0.406. The summed E-state index contributed by atoms with van der Waals surface area (Å²) in [6, 6.07) is 6.33. The van der Waals surface area contributed by atoms with Gasteiger partial charge >= 0.3 is 0 Å². The Morgan fingerprint density at radius 1 is 1.50 bits per heavy atom. The van der Waals surface area contributed by atoms with Gasteiger partial charge < -0.3 is 10.1 Å². The van der Waals surface area contributed by atoms with Crippen molar-refractivity contribution in [2.75, 3.05) is 13.7 Å². The topological polar surface area (TPSA) is 21.3 Å². The molecular formula is C13H18BrNO. The second kappa shape index (κ2) is 4.76. The largest absolute Gasteiger partial charge is 0.496 e. The molecule has 0 aliphatic carbocycles. The maximum Gasteiger partial charge on any atom is 0.133 e. The molecule has 2 rings (SSSR count). The Bertz CT molecular complexity index is 372. The molecule has 1 aromatic rings. The SMILES string of the molecule is COc1ccc(CC2(C)CCCN2)cc1Br. The van der Waals surface area contributed by atoms with Gasteiger partial charge in [0.1, 0.15) is 5.75 Å². The smallest absolute Gasteiger partial charge is 0.133 e. The van der Waals surface area contributed by atoms with Crippen LogP contribution < -0.4 is 10.1 Å². The van der Waals surface area contributed by atoms with E-state index in [1.54, 1.807) is 7.11 Å². The predicted molar refractivity (Wildman–Crippen MR) is 70.0 cm³/mol. The summed E-state index contributed by atoms with van der Waals surface area (Å²) in [6.45, 7) is 3.45. The van der Waals surface area contributed by atoms with Gasteiger partial charge in [-0.1, -0.05) is 6.07 Å². The number of hydrogen-bond acceptors (Lipinski definition) is 2. The highest BCUT2D eigenvalue weighted by Crippen LogP contribution is 2.29. The summed E-state index contributed by atoms with van der Waals surface area (Å²) >= 11 is 3.53. The number of benzene rings is 1. The van der Waals surface area contributed by atoms with Gasteiger partial charge in [0.2, 0.25) is 0 Å². The molecule has 1 aliphatic heterocycles. The minimum atomic E-state index is 0.272. The first-order chi connectivity index (χ1) is 7.63. The third-order valence-electron chi connectivity index (χ3n) is 3.27. The van der Waals surface area contributed by atoms with Crippen molar-refractivity contribution in [1.82, 2.24) is 5.32 Å². The van der Waals surface area contributed by atoms with Crippen LogP contribution in [0, 0.1) is 0 Å². The summed E-state index contributed by atoms with van der Waals surface area (Å²) in [6.07, 6.45) is 3.63. The summed E-state index contributed by atoms with van der Waals surface area (Å²) in [5.41, 5.74) is 1.62. The van der Waals surface area contributed by atoms with E-state index in [0.717, 1.165) is 23.2 Å². The third kappa shape index (κ3) is 2.58. The van der Waals surface area contributed by atoms with Crippen molar-refractivity contribution in [3.8, 4) is 5.75 Å². The van der Waals surface area contributed by atoms with Crippen molar-refractivity contribution >= 4 is 15.9 Å². The van der Waals surface area contributed by atoms with Crippen molar-refractivity contribution in [2.45, 2.75) is 31.7 Å². The first-order valence-corrected chi connectivity index (χ1v) is 6.50. The quantitative estimate of drug-likeness (QED) is 0.920. The van der Waals surface area contributed by atoms with Gasteiger partial charge in [-0.05, 0) is 66.4 Å². The molecule has 0 amide bonds. The molecule has 0 saturated carbocycles. The van der Waals surface area contributed by atoms with E-state index < -0.39 is 0 Å². The van der Waals surface area contributed by atoms with E-state index in [0.29, 0.717) is 0 Å². The summed E-state index contributed by atoms with van der Waals surface area (Å²) in [5.74, 6) is 0.897. The van der Waals surface area contributed by atoms with Crippen LogP contribution >= 0.6 is 15.9 Å². The van der Waals surface area contributed by atoms with Crippen LogP contribution in [0.4, 0.5) is 0 Å². The van der Waals surface area contributed by atoms with Crippen molar-refractivity contribution in [3.05, 3.63) is 28.2 Å². The van der Waals surface area contributed by atoms with Gasteiger partial charge in [-0.2, -0.15) is 0 Å². The van der Waals surface area contributed by atoms with Gasteiger partial charge in [-0.3, -0.25) is 0 Å². The number of ether oxygens (including phenoxy) is 1. The van der Waals surface area contributed by atoms with E-state index in [9.17, 15) is 0 Å². The molecule has 1 N–H and O–H groups in total. The molecule has 1 fully saturated rings. The molecule has 0 spiro atoms. The van der Waals surface area contributed by atoms with E-state index in [1.807, 2.05) is 6.07 Å². The average Bonchev–Trinajstić information content (AvgIpc) is 2.65. The van der Waals surface area contributed by atoms with Crippen LogP contribution in [0.5, 0.6) is 5.75 Å². The number of methoxy groups -OCH3 is 1. The zero-order valence-corrected chi connectivity index (χ0v) is 11.4. The fourth-order valence-electron chi connectivity index (χ4n) is 2.38. The molecule has 0 aromatic heterocycles. The lowest BCUT2D eigenvalue weighted by Crippen LogP contribution is -2.38. The van der Waals surface area contributed by atoms with Gasteiger partial charge in [-0.15, -0.1) is 0 Å². The Hall–Kier alpha value is -0.540. The Labute approximate surface area is 106 Å². The van der Waals surface area contributed by atoms with Crippen LogP contribution in [0.3, 0.4) is 0 Å². The van der Waals surface area contributed by atoms with Crippen LogP contribution in [0.2, 0.25) is 0 Å². The number of nitrogens with one attached hydrogen (secondary N) is 1. The fourth-order valence-corrected chi connectivity index (χ4v) is 2.97. The minimum Gasteiger partial charge on any atom is -0.496 e. The van der Waals surface area contributed by atoms with Gasteiger partial charge in [0, 0.05) is 5.54 Å². The monoisotopic (exact) mass is 283 g/mol. The van der Waals surface area contributed by atoms with Crippen molar-refractivity contribution in [1.29, 1.82) is 0 Å². The summed E-state index contributed by atoms with van der Waals surface area (Å²) in [4.78, 5) is 0. The third-order valence-corrected chi connectivity index (χ3v) is 3.89. The second-order valence-electron chi connectivity index (χ2n) is 4.74. The normalized spacial score (nSPS) is 24.7. The van der Waals surface area contributed by atoms with E-state index in [2.05, 4.69) is 40.3 Å². The highest BCUT2D eigenvalue weighted by molar-refractivity contribution is 9.10. The molecule has 0 bridgehead atoms. The molecule has 1 saturated heterocycles. The number of halogens is 1. The molecule has 1 heterocycles. The molecule has 1 atom stereocenters. The first-order valence-electron chi connectivity index (χ1n) is 5.70. The van der Waals surface area contributed by atoms with E-state index in [4.69, 9.17) is 4.74 Å². The predicted octanol–water partition coefficient (Wildman–Crippen LogP) is 3.14. The van der Waals surface area contributed by atoms with Gasteiger partial charge in [0.25, 0.3) is 0 Å². The maximum absolute atomic E-state index is 5.23. The standard InChI is InChI=1S/C13H18BrNO/c1-13(6-3-7-15-13)9-10-4-5-12(16-2)11(14)8-10/h4-5,8,15H,3,6-7,9H2,1-2H3. The van der Waals surface area contributed by atoms with E-state index in [-0.39, 0.29) is 5.54 Å². The summed E-state index contributed by atoms with van der Waals surface area (Å²) in [7, 11) is 1.69. The first kappa shape index (κ1) is 11.9. The number of hydrogen-bond donors (Lipinski definition) is 1. The highest BCUT2D eigenvalue weighted by Gasteiger charge is 2.28. The van der Waals surface area contributed by atoms with Crippen LogP contribution in [0.1, 0.15) is 25.3 Å². The van der Waals surface area contributed by atoms with Gasteiger partial charge in [0.05, 0.1) is 11.6 Å². The van der Waals surface area contributed by atoms with Crippen molar-refractivity contribution < 1.29 is 4.74 Å². The molecular weight excluding hydrogens is 266 g/mol. The lowest BCUT2D eigenvalue weighted by Gasteiger charge is -2.24. The minimum absolute atomic E-state index is 0.272. The Morgan fingerprint density at radius 2 is 2.31 bits per heavy atom. The van der Waals surface area contributed by atoms with Gasteiger partial charge in [-0.25, -0.2) is 0 Å². The Morgan fingerprint density at radius 3 is 2.88 bits per heavy atom. The molecule has 3 heteroatoms. The molecule has 1 aliphatic rings. The van der Waals surface area contributed by atoms with E-state index in [1.165, 1.54) is 18.4 Å². The summed E-state index contributed by atoms with van der Waals surface area (Å²) in [5, 5.41) is 3.58. The second-order valence-corrected chi connectivity index (χ2v) is 5.59. The summed E-state index contributed by atoms with van der Waals surface area (Å²) < 4.78 is 6.27. The maximum atomic E-state index is 5.23. The van der Waals surface area contributed by atoms with Crippen molar-refractivity contribution in [2.24, 2.45) is 0 Å². The zero-order chi connectivity index (χ0) is 11.6. The average molecular weight is 284 g/mol. The Balaban J connectivity index is 2.13. The fraction of sp³-hybridized carbons (Fsp3) is 0.538. The van der Waals surface area contributed by atoms with Gasteiger partial charge in [0.15, 0.2) is 0 Å². The molecule has 2 nitrogen and oxygen atoms in total. The van der Waals surface area contributed by atoms with Crippen LogP contribution in [-0.2, 0) is 6.42 Å². The van der Waals surface area contributed by atoms with Crippen molar-refractivity contribution in [3.63, 3.8) is 0 Å². The van der Waals surface area contributed by atoms with Crippen LogP contribution in [0.25, 0.3) is 0 Å².